The van der Waals surface area contributed by atoms with Gasteiger partial charge in [-0.25, -0.2) is 0 Å². The first-order valence-electron chi connectivity index (χ1n) is 7.76. The van der Waals surface area contributed by atoms with Crippen LogP contribution in [-0.4, -0.2) is 36.1 Å². The third kappa shape index (κ3) is 3.84. The molecule has 0 aromatic carbocycles. The minimum atomic E-state index is -0.0823. The van der Waals surface area contributed by atoms with Crippen LogP contribution in [0.25, 0.3) is 0 Å². The summed E-state index contributed by atoms with van der Waals surface area (Å²) in [4.78, 5) is 15.8. The topological polar surface area (TPSA) is 41.6 Å². The molecule has 1 aromatic heterocycles. The molecule has 1 amide bonds. The number of amides is 1. The second-order valence-corrected chi connectivity index (χ2v) is 6.88. The Morgan fingerprint density at radius 3 is 2.76 bits per heavy atom. The van der Waals surface area contributed by atoms with Crippen molar-refractivity contribution < 1.29 is 9.53 Å². The SMILES string of the molecule is CCC(C)C1NC(c2cccs2)N(CCOC(C)C)C1=O. The van der Waals surface area contributed by atoms with E-state index in [1.54, 1.807) is 11.3 Å². The standard InChI is InChI=1S/C16H26N2O2S/c1-5-12(4)14-16(19)18(8-9-20-11(2)3)15(17-14)13-7-6-10-21-13/h6-7,10-12,14-15,17H,5,8-9H2,1-4H3. The van der Waals surface area contributed by atoms with E-state index >= 15 is 0 Å². The quantitative estimate of drug-likeness (QED) is 0.842. The van der Waals surface area contributed by atoms with Gasteiger partial charge < -0.3 is 9.64 Å². The lowest BCUT2D eigenvalue weighted by Crippen LogP contribution is -2.36. The van der Waals surface area contributed by atoms with Gasteiger partial charge in [0, 0.05) is 11.4 Å². The average molecular weight is 310 g/mol. The van der Waals surface area contributed by atoms with Crippen molar-refractivity contribution >= 4 is 17.2 Å². The molecule has 1 fully saturated rings. The summed E-state index contributed by atoms with van der Waals surface area (Å²) in [5.74, 6) is 0.547. The van der Waals surface area contributed by atoms with Gasteiger partial charge in [-0.15, -0.1) is 11.3 Å². The third-order valence-corrected chi connectivity index (χ3v) is 4.93. The van der Waals surface area contributed by atoms with Crippen molar-refractivity contribution in [1.29, 1.82) is 0 Å². The van der Waals surface area contributed by atoms with Crippen molar-refractivity contribution in [2.24, 2.45) is 5.92 Å². The molecule has 0 aliphatic carbocycles. The largest absolute Gasteiger partial charge is 0.377 e. The van der Waals surface area contributed by atoms with Gasteiger partial charge in [-0.05, 0) is 31.2 Å². The van der Waals surface area contributed by atoms with Crippen LogP contribution in [0.15, 0.2) is 17.5 Å². The third-order valence-electron chi connectivity index (χ3n) is 4.01. The summed E-state index contributed by atoms with van der Waals surface area (Å²) >= 11 is 1.69. The lowest BCUT2D eigenvalue weighted by molar-refractivity contribution is -0.131. The Balaban J connectivity index is 2.10. The molecular formula is C16H26N2O2S. The number of carbonyl (C=O) groups is 1. The molecule has 1 saturated heterocycles. The molecule has 2 heterocycles. The van der Waals surface area contributed by atoms with Crippen LogP contribution in [0, 0.1) is 5.92 Å². The number of nitrogens with one attached hydrogen (secondary N) is 1. The fourth-order valence-corrected chi connectivity index (χ4v) is 3.38. The molecule has 0 radical (unpaired) electrons. The van der Waals surface area contributed by atoms with Crippen LogP contribution in [0.1, 0.15) is 45.2 Å². The summed E-state index contributed by atoms with van der Waals surface area (Å²) in [5.41, 5.74) is 0. The number of hydrogen-bond acceptors (Lipinski definition) is 4. The van der Waals surface area contributed by atoms with E-state index in [1.165, 1.54) is 4.88 Å². The van der Waals surface area contributed by atoms with Gasteiger partial charge in [-0.3, -0.25) is 10.1 Å². The highest BCUT2D eigenvalue weighted by Gasteiger charge is 2.41. The molecule has 0 saturated carbocycles. The second kappa shape index (κ2) is 7.38. The van der Waals surface area contributed by atoms with Gasteiger partial charge in [0.25, 0.3) is 0 Å². The van der Waals surface area contributed by atoms with Crippen LogP contribution in [0.5, 0.6) is 0 Å². The van der Waals surface area contributed by atoms with Gasteiger partial charge >= 0.3 is 0 Å². The van der Waals surface area contributed by atoms with Gasteiger partial charge in [-0.1, -0.05) is 26.3 Å². The van der Waals surface area contributed by atoms with Crippen LogP contribution in [0.2, 0.25) is 0 Å². The predicted octanol–water partition coefficient (Wildman–Crippen LogP) is 3.02. The monoisotopic (exact) mass is 310 g/mol. The Morgan fingerprint density at radius 2 is 2.19 bits per heavy atom. The minimum absolute atomic E-state index is 0.00716. The first-order chi connectivity index (χ1) is 10.0. The molecule has 2 rings (SSSR count). The van der Waals surface area contributed by atoms with E-state index in [0.717, 1.165) is 6.42 Å². The van der Waals surface area contributed by atoms with E-state index in [-0.39, 0.29) is 24.2 Å². The number of carbonyl (C=O) groups excluding carboxylic acids is 1. The van der Waals surface area contributed by atoms with Crippen LogP contribution < -0.4 is 5.32 Å². The molecule has 4 nitrogen and oxygen atoms in total. The van der Waals surface area contributed by atoms with E-state index in [4.69, 9.17) is 4.74 Å². The van der Waals surface area contributed by atoms with Crippen molar-refractivity contribution in [3.8, 4) is 0 Å². The minimum Gasteiger partial charge on any atom is -0.377 e. The van der Waals surface area contributed by atoms with E-state index in [0.29, 0.717) is 19.1 Å². The lowest BCUT2D eigenvalue weighted by atomic mass is 9.99. The van der Waals surface area contributed by atoms with Gasteiger partial charge in [0.15, 0.2) is 0 Å². The Labute approximate surface area is 131 Å². The summed E-state index contributed by atoms with van der Waals surface area (Å²) in [6.45, 7) is 9.52. The van der Waals surface area contributed by atoms with E-state index in [1.807, 2.05) is 24.8 Å². The summed E-state index contributed by atoms with van der Waals surface area (Å²) in [5, 5.41) is 5.57. The highest BCUT2D eigenvalue weighted by atomic mass is 32.1. The number of hydrogen-bond donors (Lipinski definition) is 1. The van der Waals surface area contributed by atoms with Crippen molar-refractivity contribution in [3.63, 3.8) is 0 Å². The molecule has 21 heavy (non-hydrogen) atoms. The Morgan fingerprint density at radius 1 is 1.43 bits per heavy atom. The fraction of sp³-hybridized carbons (Fsp3) is 0.688. The normalized spacial score (nSPS) is 24.0. The maximum absolute atomic E-state index is 12.7. The molecule has 3 unspecified atom stereocenters. The van der Waals surface area contributed by atoms with Gasteiger partial charge in [0.1, 0.15) is 6.17 Å². The zero-order valence-corrected chi connectivity index (χ0v) is 14.2. The van der Waals surface area contributed by atoms with Crippen molar-refractivity contribution in [2.45, 2.75) is 52.4 Å². The predicted molar refractivity (Wildman–Crippen MR) is 86.2 cm³/mol. The first-order valence-corrected chi connectivity index (χ1v) is 8.64. The molecule has 5 heteroatoms. The average Bonchev–Trinajstić information content (AvgIpc) is 3.07. The number of nitrogens with zero attached hydrogens (tertiary/aromatic N) is 1. The van der Waals surface area contributed by atoms with Gasteiger partial charge in [0.2, 0.25) is 5.91 Å². The lowest BCUT2D eigenvalue weighted by Gasteiger charge is -2.23. The van der Waals surface area contributed by atoms with E-state index in [2.05, 4.69) is 30.6 Å². The van der Waals surface area contributed by atoms with Crippen molar-refractivity contribution in [2.75, 3.05) is 13.2 Å². The maximum atomic E-state index is 12.7. The van der Waals surface area contributed by atoms with E-state index in [9.17, 15) is 4.79 Å². The maximum Gasteiger partial charge on any atom is 0.241 e. The van der Waals surface area contributed by atoms with Crippen molar-refractivity contribution in [1.82, 2.24) is 10.2 Å². The Hall–Kier alpha value is -0.910. The van der Waals surface area contributed by atoms with Gasteiger partial charge in [0.05, 0.1) is 18.8 Å². The Kier molecular flexibility index (Phi) is 5.79. The number of thiophene rings is 1. The molecule has 1 aliphatic rings. The molecule has 0 spiro atoms. The number of rotatable bonds is 7. The first kappa shape index (κ1) is 16.5. The summed E-state index contributed by atoms with van der Waals surface area (Å²) < 4.78 is 5.62. The van der Waals surface area contributed by atoms with Crippen molar-refractivity contribution in [3.05, 3.63) is 22.4 Å². The fourth-order valence-electron chi connectivity index (χ4n) is 2.59. The molecule has 118 valence electrons. The summed E-state index contributed by atoms with van der Waals surface area (Å²) in [6.07, 6.45) is 1.19. The highest BCUT2D eigenvalue weighted by Crippen LogP contribution is 2.31. The molecule has 0 bridgehead atoms. The van der Waals surface area contributed by atoms with Crippen LogP contribution >= 0.6 is 11.3 Å². The van der Waals surface area contributed by atoms with Crippen LogP contribution in [0.3, 0.4) is 0 Å². The molecule has 1 N–H and O–H groups in total. The Bertz CT molecular complexity index is 447. The second-order valence-electron chi connectivity index (χ2n) is 5.90. The zero-order chi connectivity index (χ0) is 15.4. The molecule has 1 aromatic rings. The van der Waals surface area contributed by atoms with Gasteiger partial charge in [-0.2, -0.15) is 0 Å². The molecular weight excluding hydrogens is 284 g/mol. The summed E-state index contributed by atoms with van der Waals surface area (Å²) in [7, 11) is 0. The van der Waals surface area contributed by atoms with Crippen LogP contribution in [-0.2, 0) is 9.53 Å². The summed E-state index contributed by atoms with van der Waals surface area (Å²) in [6, 6.07) is 4.04. The highest BCUT2D eigenvalue weighted by molar-refractivity contribution is 7.10. The van der Waals surface area contributed by atoms with Crippen LogP contribution in [0.4, 0.5) is 0 Å². The smallest absolute Gasteiger partial charge is 0.241 e. The zero-order valence-electron chi connectivity index (χ0n) is 13.3. The van der Waals surface area contributed by atoms with E-state index < -0.39 is 0 Å². The molecule has 1 aliphatic heterocycles. The molecule has 3 atom stereocenters. The number of ether oxygens (including phenoxy) is 1.